The molecule has 1 N–H and O–H groups in total. The van der Waals surface area contributed by atoms with Crippen LogP contribution in [0.15, 0.2) is 84.2 Å². The van der Waals surface area contributed by atoms with Crippen molar-refractivity contribution in [2.75, 3.05) is 5.32 Å². The average Bonchev–Trinajstić information content (AvgIpc) is 2.86. The third-order valence-corrected chi connectivity index (χ3v) is 5.07. The molecule has 3 aromatic carbocycles. The largest absolute Gasteiger partial charge is 0.481 e. The highest BCUT2D eigenvalue weighted by atomic mass is 35.5. The maximum Gasteiger partial charge on any atom is 0.326 e. The molecule has 184 valence electrons. The molecule has 1 unspecified atom stereocenters. The van der Waals surface area contributed by atoms with Gasteiger partial charge < -0.3 is 19.5 Å². The summed E-state index contributed by atoms with van der Waals surface area (Å²) in [5.74, 6) is 0.845. The summed E-state index contributed by atoms with van der Waals surface area (Å²) in [4.78, 5) is 21.1. The number of nitrogens with zero attached hydrogens (tertiary/aromatic N) is 2. The number of ether oxygens (including phenoxy) is 3. The number of hydrogen-bond acceptors (Lipinski definition) is 6. The van der Waals surface area contributed by atoms with Gasteiger partial charge in [0.05, 0.1) is 17.2 Å². The van der Waals surface area contributed by atoms with E-state index >= 15 is 0 Å². The molecule has 1 atom stereocenters. The van der Waals surface area contributed by atoms with Crippen LogP contribution in [0, 0.1) is 0 Å². The van der Waals surface area contributed by atoms with Gasteiger partial charge in [-0.05, 0) is 85.3 Å². The van der Waals surface area contributed by atoms with Crippen LogP contribution in [-0.2, 0) is 4.79 Å². The van der Waals surface area contributed by atoms with Crippen molar-refractivity contribution in [2.45, 2.75) is 13.0 Å². The van der Waals surface area contributed by atoms with Crippen LogP contribution < -0.4 is 19.5 Å². The molecular formula is C25H17Cl2F2N3O4. The lowest BCUT2D eigenvalue weighted by Gasteiger charge is -2.15. The molecule has 0 bridgehead atoms. The molecule has 0 radical (unpaired) electrons. The summed E-state index contributed by atoms with van der Waals surface area (Å²) in [6.07, 6.45) is 0.661. The number of carbonyl (C=O) groups excluding carboxylic acids is 1. The van der Waals surface area contributed by atoms with Crippen molar-refractivity contribution in [3.63, 3.8) is 0 Å². The van der Waals surface area contributed by atoms with E-state index in [4.69, 9.17) is 32.7 Å². The zero-order valence-electron chi connectivity index (χ0n) is 18.5. The van der Waals surface area contributed by atoms with E-state index in [0.29, 0.717) is 39.1 Å². The first-order valence-electron chi connectivity index (χ1n) is 10.4. The molecule has 0 aliphatic heterocycles. The van der Waals surface area contributed by atoms with Gasteiger partial charge in [0, 0.05) is 10.7 Å². The Morgan fingerprint density at radius 1 is 0.944 bits per heavy atom. The Labute approximate surface area is 214 Å². The van der Waals surface area contributed by atoms with Gasteiger partial charge in [-0.2, -0.15) is 8.78 Å². The van der Waals surface area contributed by atoms with E-state index in [2.05, 4.69) is 20.0 Å². The smallest absolute Gasteiger partial charge is 0.326 e. The van der Waals surface area contributed by atoms with Crippen LogP contribution >= 0.6 is 23.2 Å². The van der Waals surface area contributed by atoms with Crippen molar-refractivity contribution in [2.24, 2.45) is 0 Å². The van der Waals surface area contributed by atoms with Crippen LogP contribution in [0.4, 0.5) is 14.5 Å². The Balaban J connectivity index is 1.32. The molecule has 1 aromatic heterocycles. The molecule has 0 aliphatic rings. The predicted octanol–water partition coefficient (Wildman–Crippen LogP) is 7.16. The van der Waals surface area contributed by atoms with Crippen molar-refractivity contribution in [3.8, 4) is 23.1 Å². The standard InChI is InChI=1S/C25H17Cl2F2N3O4/c1-14(25(33)31-16-3-5-19(6-4-16)36-24(29)23(27)28)34-17-7-9-18(10-8-17)35-22-13-30-21-12-15(26)2-11-20(21)32-22/h2-14H,1H3,(H,31,33). The minimum absolute atomic E-state index is 0.00646. The summed E-state index contributed by atoms with van der Waals surface area (Å²) in [6, 6.07) is 15.9. The van der Waals surface area contributed by atoms with Gasteiger partial charge >= 0.3 is 6.01 Å². The van der Waals surface area contributed by atoms with E-state index < -0.39 is 23.3 Å². The summed E-state index contributed by atoms with van der Waals surface area (Å²) in [7, 11) is 0. The second kappa shape index (κ2) is 11.2. The molecule has 0 spiro atoms. The lowest BCUT2D eigenvalue weighted by molar-refractivity contribution is -0.122. The quantitative estimate of drug-likeness (QED) is 0.243. The van der Waals surface area contributed by atoms with Crippen molar-refractivity contribution < 1.29 is 27.8 Å². The normalized spacial score (nSPS) is 12.5. The number of halogens is 4. The third-order valence-electron chi connectivity index (χ3n) is 4.69. The SMILES string of the molecule is CC(Oc1ccc(Oc2cnc3cc(Cl)ccc3n2)cc1)C(=O)Nc1ccc(OC(F)=C(F)Cl)cc1. The summed E-state index contributed by atoms with van der Waals surface area (Å²) < 4.78 is 41.6. The lowest BCUT2D eigenvalue weighted by Crippen LogP contribution is -2.30. The molecule has 4 rings (SSSR count). The van der Waals surface area contributed by atoms with Gasteiger partial charge in [-0.25, -0.2) is 9.97 Å². The second-order valence-corrected chi connectivity index (χ2v) is 8.09. The molecule has 0 saturated carbocycles. The van der Waals surface area contributed by atoms with Crippen molar-refractivity contribution >= 4 is 45.8 Å². The van der Waals surface area contributed by atoms with Crippen molar-refractivity contribution in [3.05, 3.63) is 89.2 Å². The second-order valence-electron chi connectivity index (χ2n) is 7.32. The van der Waals surface area contributed by atoms with Crippen LogP contribution in [0.25, 0.3) is 11.0 Å². The average molecular weight is 532 g/mol. The van der Waals surface area contributed by atoms with E-state index in [1.54, 1.807) is 49.4 Å². The number of aromatic nitrogens is 2. The maximum absolute atomic E-state index is 13.1. The first-order valence-corrected chi connectivity index (χ1v) is 11.2. The van der Waals surface area contributed by atoms with Crippen LogP contribution in [0.5, 0.6) is 23.1 Å². The third kappa shape index (κ3) is 6.59. The van der Waals surface area contributed by atoms with Crippen molar-refractivity contribution in [1.29, 1.82) is 0 Å². The minimum atomic E-state index is -1.59. The number of rotatable bonds is 8. The van der Waals surface area contributed by atoms with E-state index in [9.17, 15) is 13.6 Å². The van der Waals surface area contributed by atoms with Gasteiger partial charge in [0.15, 0.2) is 6.10 Å². The molecule has 7 nitrogen and oxygen atoms in total. The van der Waals surface area contributed by atoms with E-state index in [1.165, 1.54) is 30.5 Å². The number of amides is 1. The molecule has 0 aliphatic carbocycles. The number of hydrogen-bond donors (Lipinski definition) is 1. The van der Waals surface area contributed by atoms with E-state index in [1.807, 2.05) is 0 Å². The van der Waals surface area contributed by atoms with Crippen LogP contribution in [0.1, 0.15) is 6.92 Å². The van der Waals surface area contributed by atoms with E-state index in [0.717, 1.165) is 0 Å². The Morgan fingerprint density at radius 3 is 2.31 bits per heavy atom. The number of nitrogens with one attached hydrogen (secondary N) is 1. The molecule has 11 heteroatoms. The Bertz CT molecular complexity index is 1410. The van der Waals surface area contributed by atoms with Gasteiger partial charge in [-0.3, -0.25) is 4.79 Å². The Kier molecular flexibility index (Phi) is 7.82. The summed E-state index contributed by atoms with van der Waals surface area (Å²) in [5.41, 5.74) is 1.70. The summed E-state index contributed by atoms with van der Waals surface area (Å²) in [5, 5.41) is 1.63. The zero-order valence-corrected chi connectivity index (χ0v) is 20.1. The first kappa shape index (κ1) is 25.2. The van der Waals surface area contributed by atoms with Crippen molar-refractivity contribution in [1.82, 2.24) is 9.97 Å². The Morgan fingerprint density at radius 2 is 1.61 bits per heavy atom. The number of anilines is 1. The monoisotopic (exact) mass is 531 g/mol. The Hall–Kier alpha value is -3.95. The van der Waals surface area contributed by atoms with Gasteiger partial charge in [-0.15, -0.1) is 0 Å². The highest BCUT2D eigenvalue weighted by molar-refractivity contribution is 6.31. The molecule has 4 aromatic rings. The topological polar surface area (TPSA) is 82.6 Å². The fraction of sp³-hybridized carbons (Fsp3) is 0.0800. The van der Waals surface area contributed by atoms with Gasteiger partial charge in [0.25, 0.3) is 11.2 Å². The molecule has 0 saturated heterocycles. The molecule has 1 amide bonds. The number of carbonyl (C=O) groups is 1. The number of fused-ring (bicyclic) bond motifs is 1. The summed E-state index contributed by atoms with van der Waals surface area (Å²) in [6.45, 7) is 1.58. The van der Waals surface area contributed by atoms with Gasteiger partial charge in [0.2, 0.25) is 5.88 Å². The molecular weight excluding hydrogens is 515 g/mol. The first-order chi connectivity index (χ1) is 17.3. The van der Waals surface area contributed by atoms with Crippen LogP contribution in [0.2, 0.25) is 5.02 Å². The van der Waals surface area contributed by atoms with Gasteiger partial charge in [0.1, 0.15) is 17.2 Å². The minimum Gasteiger partial charge on any atom is -0.481 e. The van der Waals surface area contributed by atoms with E-state index in [-0.39, 0.29) is 5.75 Å². The van der Waals surface area contributed by atoms with Crippen LogP contribution in [0.3, 0.4) is 0 Å². The van der Waals surface area contributed by atoms with Crippen LogP contribution in [-0.4, -0.2) is 22.0 Å². The fourth-order valence-electron chi connectivity index (χ4n) is 2.97. The highest BCUT2D eigenvalue weighted by Crippen LogP contribution is 2.25. The van der Waals surface area contributed by atoms with Gasteiger partial charge in [-0.1, -0.05) is 11.6 Å². The maximum atomic E-state index is 13.1. The zero-order chi connectivity index (χ0) is 25.7. The molecule has 1 heterocycles. The lowest BCUT2D eigenvalue weighted by atomic mass is 10.2. The molecule has 0 fully saturated rings. The fourth-order valence-corrected chi connectivity index (χ4v) is 3.18. The number of benzene rings is 3. The highest BCUT2D eigenvalue weighted by Gasteiger charge is 2.15. The molecule has 36 heavy (non-hydrogen) atoms. The predicted molar refractivity (Wildman–Crippen MR) is 132 cm³/mol. The summed E-state index contributed by atoms with van der Waals surface area (Å²) >= 11 is 10.8.